The minimum Gasteiger partial charge on any atom is -0.394 e. The molecule has 3 N–H and O–H groups in total. The third kappa shape index (κ3) is 4.31. The Morgan fingerprint density at radius 1 is 1.08 bits per heavy atom. The van der Waals surface area contributed by atoms with Crippen molar-refractivity contribution in [2.24, 2.45) is 0 Å². The number of likely N-dealkylation sites (tertiary alicyclic amines) is 1. The molecule has 2 amide bonds. The Bertz CT molecular complexity index is 710. The molecule has 0 atom stereocenters. The number of anilines is 2. The van der Waals surface area contributed by atoms with Gasteiger partial charge in [0.25, 0.3) is 0 Å². The Kier molecular flexibility index (Phi) is 5.24. The molecule has 0 unspecified atom stereocenters. The molecule has 0 saturated carbocycles. The van der Waals surface area contributed by atoms with Crippen molar-refractivity contribution in [3.63, 3.8) is 0 Å². The van der Waals surface area contributed by atoms with E-state index in [2.05, 4.69) is 10.6 Å². The van der Waals surface area contributed by atoms with Gasteiger partial charge in [-0.05, 0) is 49.6 Å². The summed E-state index contributed by atoms with van der Waals surface area (Å²) in [5.74, 6) is 0. The van der Waals surface area contributed by atoms with Crippen molar-refractivity contribution in [3.8, 4) is 0 Å². The highest BCUT2D eigenvalue weighted by Gasteiger charge is 2.35. The lowest BCUT2D eigenvalue weighted by atomic mass is 9.88. The van der Waals surface area contributed by atoms with Crippen LogP contribution in [0.4, 0.5) is 16.2 Å². The normalized spacial score (nSPS) is 16.3. The van der Waals surface area contributed by atoms with Crippen LogP contribution in [-0.2, 0) is 0 Å². The summed E-state index contributed by atoms with van der Waals surface area (Å²) in [6.07, 6.45) is 1.42. The van der Waals surface area contributed by atoms with Crippen molar-refractivity contribution < 1.29 is 9.90 Å². The van der Waals surface area contributed by atoms with Gasteiger partial charge in [0.2, 0.25) is 0 Å². The van der Waals surface area contributed by atoms with Gasteiger partial charge in [-0.25, -0.2) is 4.79 Å². The van der Waals surface area contributed by atoms with E-state index in [9.17, 15) is 9.90 Å². The van der Waals surface area contributed by atoms with Crippen molar-refractivity contribution in [3.05, 3.63) is 60.2 Å². The molecule has 132 valence electrons. The van der Waals surface area contributed by atoms with Gasteiger partial charge in [-0.2, -0.15) is 0 Å². The summed E-state index contributed by atoms with van der Waals surface area (Å²) in [6, 6.07) is 17.6. The van der Waals surface area contributed by atoms with Crippen molar-refractivity contribution in [1.29, 1.82) is 0 Å². The maximum Gasteiger partial charge on any atom is 0.321 e. The zero-order valence-electron chi connectivity index (χ0n) is 14.5. The van der Waals surface area contributed by atoms with Crippen molar-refractivity contribution in [1.82, 2.24) is 4.90 Å². The summed E-state index contributed by atoms with van der Waals surface area (Å²) < 4.78 is 0. The first-order valence-corrected chi connectivity index (χ1v) is 8.67. The number of benzene rings is 2. The van der Waals surface area contributed by atoms with Crippen LogP contribution >= 0.6 is 0 Å². The minimum atomic E-state index is -0.374. The Morgan fingerprint density at radius 3 is 2.40 bits per heavy atom. The van der Waals surface area contributed by atoms with Crippen LogP contribution in [0.15, 0.2) is 54.6 Å². The highest BCUT2D eigenvalue weighted by molar-refractivity contribution is 5.89. The molecule has 1 heterocycles. The van der Waals surface area contributed by atoms with Crippen LogP contribution in [-0.4, -0.2) is 41.3 Å². The van der Waals surface area contributed by atoms with Gasteiger partial charge >= 0.3 is 6.03 Å². The number of carbonyl (C=O) groups excluding carboxylic acids is 1. The topological polar surface area (TPSA) is 64.6 Å². The van der Waals surface area contributed by atoms with Crippen molar-refractivity contribution in [2.45, 2.75) is 25.3 Å². The van der Waals surface area contributed by atoms with Gasteiger partial charge in [-0.15, -0.1) is 0 Å². The average molecular weight is 339 g/mol. The third-order valence-corrected chi connectivity index (χ3v) is 4.76. The monoisotopic (exact) mass is 339 g/mol. The number of para-hydroxylation sites is 1. The number of hydrogen-bond acceptors (Lipinski definition) is 3. The second kappa shape index (κ2) is 7.57. The number of piperidine rings is 1. The summed E-state index contributed by atoms with van der Waals surface area (Å²) in [4.78, 5) is 14.3. The maximum absolute atomic E-state index is 12.5. The zero-order valence-corrected chi connectivity index (χ0v) is 14.5. The highest BCUT2D eigenvalue weighted by atomic mass is 16.3. The van der Waals surface area contributed by atoms with Crippen LogP contribution in [0.5, 0.6) is 0 Å². The summed E-state index contributed by atoms with van der Waals surface area (Å²) in [7, 11) is 0. The molecule has 0 radical (unpaired) electrons. The number of aliphatic hydroxyl groups is 1. The lowest BCUT2D eigenvalue weighted by molar-refractivity contribution is 0.132. The predicted octanol–water partition coefficient (Wildman–Crippen LogP) is 3.47. The first-order chi connectivity index (χ1) is 12.1. The van der Waals surface area contributed by atoms with Crippen LogP contribution in [0.2, 0.25) is 0 Å². The fourth-order valence-electron chi connectivity index (χ4n) is 3.21. The minimum absolute atomic E-state index is 0.0508. The zero-order chi connectivity index (χ0) is 17.7. The molecule has 2 aromatic rings. The smallest absolute Gasteiger partial charge is 0.321 e. The van der Waals surface area contributed by atoms with Crippen LogP contribution in [0.3, 0.4) is 0 Å². The number of nitrogens with zero attached hydrogens (tertiary/aromatic N) is 1. The maximum atomic E-state index is 12.5. The lowest BCUT2D eigenvalue weighted by Gasteiger charge is -2.41. The molecule has 5 nitrogen and oxygen atoms in total. The third-order valence-electron chi connectivity index (χ3n) is 4.76. The van der Waals surface area contributed by atoms with E-state index in [1.54, 1.807) is 0 Å². The summed E-state index contributed by atoms with van der Waals surface area (Å²) in [6.45, 7) is 3.27. The number of urea groups is 1. The largest absolute Gasteiger partial charge is 0.394 e. The molecule has 1 aliphatic heterocycles. The molecule has 2 aromatic carbocycles. The first kappa shape index (κ1) is 17.3. The number of amides is 2. The van der Waals surface area contributed by atoms with E-state index in [-0.39, 0.29) is 18.2 Å². The van der Waals surface area contributed by atoms with Crippen molar-refractivity contribution in [2.75, 3.05) is 30.3 Å². The van der Waals surface area contributed by atoms with Gasteiger partial charge in [-0.3, -0.25) is 0 Å². The van der Waals surface area contributed by atoms with Gasteiger partial charge in [0.05, 0.1) is 12.1 Å². The van der Waals surface area contributed by atoms with Crippen LogP contribution < -0.4 is 10.6 Å². The number of aliphatic hydroxyl groups excluding tert-OH is 1. The fourth-order valence-corrected chi connectivity index (χ4v) is 3.21. The van der Waals surface area contributed by atoms with Gasteiger partial charge in [0.15, 0.2) is 0 Å². The Morgan fingerprint density at radius 2 is 1.76 bits per heavy atom. The molecule has 0 aromatic heterocycles. The molecule has 0 spiro atoms. The molecule has 0 aliphatic carbocycles. The van der Waals surface area contributed by atoms with E-state index in [0.29, 0.717) is 25.9 Å². The summed E-state index contributed by atoms with van der Waals surface area (Å²) >= 11 is 0. The van der Waals surface area contributed by atoms with Crippen molar-refractivity contribution >= 4 is 17.4 Å². The number of carbonyl (C=O) groups is 1. The highest BCUT2D eigenvalue weighted by Crippen LogP contribution is 2.27. The van der Waals surface area contributed by atoms with E-state index in [4.69, 9.17) is 0 Å². The van der Waals surface area contributed by atoms with Gasteiger partial charge < -0.3 is 20.6 Å². The number of nitrogens with one attached hydrogen (secondary N) is 2. The van der Waals surface area contributed by atoms with E-state index in [1.165, 1.54) is 0 Å². The number of rotatable bonds is 4. The summed E-state index contributed by atoms with van der Waals surface area (Å²) in [5, 5.41) is 16.3. The standard InChI is InChI=1S/C20H25N3O2/c1-16-6-5-9-18(14-16)21-19(25)23-12-10-20(15-24,11-13-23)22-17-7-3-2-4-8-17/h2-9,14,22,24H,10-13,15H2,1H3,(H,21,25). The van der Waals surface area contributed by atoms with E-state index >= 15 is 0 Å². The Hall–Kier alpha value is -2.53. The van der Waals surface area contributed by atoms with Crippen LogP contribution in [0.1, 0.15) is 18.4 Å². The Labute approximate surface area is 148 Å². The molecule has 0 bridgehead atoms. The van der Waals surface area contributed by atoms with Gasteiger partial charge in [0.1, 0.15) is 0 Å². The molecular weight excluding hydrogens is 314 g/mol. The average Bonchev–Trinajstić information content (AvgIpc) is 2.63. The van der Waals surface area contributed by atoms with Gasteiger partial charge in [-0.1, -0.05) is 30.3 Å². The fraction of sp³-hybridized carbons (Fsp3) is 0.350. The molecule has 1 aliphatic rings. The number of hydrogen-bond donors (Lipinski definition) is 3. The molecule has 1 saturated heterocycles. The van der Waals surface area contributed by atoms with Crippen LogP contribution in [0.25, 0.3) is 0 Å². The second-order valence-corrected chi connectivity index (χ2v) is 6.72. The quantitative estimate of drug-likeness (QED) is 0.799. The SMILES string of the molecule is Cc1cccc(NC(=O)N2CCC(CO)(Nc3ccccc3)CC2)c1. The molecule has 25 heavy (non-hydrogen) atoms. The molecule has 5 heteroatoms. The van der Waals surface area contributed by atoms with E-state index in [1.807, 2.05) is 66.4 Å². The predicted molar refractivity (Wildman–Crippen MR) is 101 cm³/mol. The van der Waals surface area contributed by atoms with Crippen LogP contribution in [0, 0.1) is 6.92 Å². The molecular formula is C20H25N3O2. The van der Waals surface area contributed by atoms with E-state index in [0.717, 1.165) is 16.9 Å². The molecule has 1 fully saturated rings. The lowest BCUT2D eigenvalue weighted by Crippen LogP contribution is -2.53. The first-order valence-electron chi connectivity index (χ1n) is 8.67. The molecule has 3 rings (SSSR count). The summed E-state index contributed by atoms with van der Waals surface area (Å²) in [5.41, 5.74) is 2.55. The second-order valence-electron chi connectivity index (χ2n) is 6.72. The van der Waals surface area contributed by atoms with E-state index < -0.39 is 0 Å². The number of aryl methyl sites for hydroxylation is 1. The Balaban J connectivity index is 1.59. The van der Waals surface area contributed by atoms with Gasteiger partial charge in [0, 0.05) is 24.5 Å².